The van der Waals surface area contributed by atoms with Crippen LogP contribution in [0.25, 0.3) is 6.08 Å². The Hall–Kier alpha value is -1.44. The topological polar surface area (TPSA) is 25.2 Å². The number of hydrogen-bond acceptors (Lipinski definition) is 2. The molecule has 54 valence electrons. The Morgan fingerprint density at radius 3 is 3.27 bits per heavy atom. The van der Waals surface area contributed by atoms with Crippen molar-refractivity contribution in [3.63, 3.8) is 0 Å². The fourth-order valence-corrected chi connectivity index (χ4v) is 1.07. The van der Waals surface area contributed by atoms with Gasteiger partial charge < -0.3 is 0 Å². The number of nitrogens with zero attached hydrogens (tertiary/aromatic N) is 2. The third-order valence-corrected chi connectivity index (χ3v) is 1.63. The Kier molecular flexibility index (Phi) is 1.52. The van der Waals surface area contributed by atoms with Crippen LogP contribution >= 0.6 is 0 Å². The molecule has 1 aliphatic heterocycles. The lowest BCUT2D eigenvalue weighted by molar-refractivity contribution is 1.27. The molecule has 2 heterocycles. The Balaban J connectivity index is 2.58. The lowest BCUT2D eigenvalue weighted by Gasteiger charge is -1.94. The second-order valence-corrected chi connectivity index (χ2v) is 2.40. The summed E-state index contributed by atoms with van der Waals surface area (Å²) in [7, 11) is 0. The predicted molar refractivity (Wildman–Crippen MR) is 45.7 cm³/mol. The highest BCUT2D eigenvalue weighted by Gasteiger charge is 1.96. The maximum atomic E-state index is 4.16. The normalized spacial score (nSPS) is 14.2. The first-order chi connectivity index (χ1) is 5.47. The highest BCUT2D eigenvalue weighted by atomic mass is 14.7. The van der Waals surface area contributed by atoms with Gasteiger partial charge >= 0.3 is 0 Å². The van der Waals surface area contributed by atoms with Crippen molar-refractivity contribution in [2.45, 2.75) is 0 Å². The van der Waals surface area contributed by atoms with E-state index in [9.17, 15) is 0 Å². The molecule has 1 aliphatic rings. The van der Waals surface area contributed by atoms with Crippen molar-refractivity contribution < 1.29 is 0 Å². The molecular formula is C9H8N2. The summed E-state index contributed by atoms with van der Waals surface area (Å²) >= 11 is 0. The molecule has 0 unspecified atom stereocenters. The highest BCUT2D eigenvalue weighted by Crippen LogP contribution is 2.08. The minimum Gasteiger partial charge on any atom is -0.288 e. The molecule has 0 saturated carbocycles. The van der Waals surface area contributed by atoms with Gasteiger partial charge in [0.05, 0.1) is 6.54 Å². The zero-order valence-electron chi connectivity index (χ0n) is 6.07. The monoisotopic (exact) mass is 144 g/mol. The number of rotatable bonds is 0. The van der Waals surface area contributed by atoms with Gasteiger partial charge in [0.25, 0.3) is 0 Å². The van der Waals surface area contributed by atoms with Crippen molar-refractivity contribution in [3.8, 4) is 0 Å². The van der Waals surface area contributed by atoms with E-state index in [0.717, 1.165) is 12.1 Å². The van der Waals surface area contributed by atoms with Crippen LogP contribution in [0.3, 0.4) is 0 Å². The molecule has 0 amide bonds. The summed E-state index contributed by atoms with van der Waals surface area (Å²) in [5, 5.41) is 0. The van der Waals surface area contributed by atoms with Gasteiger partial charge in [-0.3, -0.25) is 9.98 Å². The van der Waals surface area contributed by atoms with Gasteiger partial charge in [0, 0.05) is 24.2 Å². The molecule has 0 bridgehead atoms. The predicted octanol–water partition coefficient (Wildman–Crippen LogP) is 1.53. The van der Waals surface area contributed by atoms with Crippen molar-refractivity contribution in [2.24, 2.45) is 4.99 Å². The van der Waals surface area contributed by atoms with Gasteiger partial charge in [0.1, 0.15) is 0 Å². The quantitative estimate of drug-likeness (QED) is 0.542. The van der Waals surface area contributed by atoms with Crippen LogP contribution in [0.4, 0.5) is 0 Å². The van der Waals surface area contributed by atoms with Gasteiger partial charge in [0.2, 0.25) is 0 Å². The molecule has 1 aromatic heterocycles. The van der Waals surface area contributed by atoms with Crippen LogP contribution in [0, 0.1) is 0 Å². The van der Waals surface area contributed by atoms with Crippen LogP contribution in [-0.4, -0.2) is 17.7 Å². The molecule has 2 rings (SSSR count). The van der Waals surface area contributed by atoms with Crippen LogP contribution in [-0.2, 0) is 0 Å². The Morgan fingerprint density at radius 2 is 2.27 bits per heavy atom. The lowest BCUT2D eigenvalue weighted by Crippen LogP contribution is -1.86. The number of aliphatic imine (C=N–C) groups is 1. The Bertz CT molecular complexity index is 282. The summed E-state index contributed by atoms with van der Waals surface area (Å²) in [5.74, 6) is 0. The van der Waals surface area contributed by atoms with Crippen LogP contribution in [0.2, 0.25) is 0 Å². The van der Waals surface area contributed by atoms with Crippen LogP contribution < -0.4 is 0 Å². The molecule has 2 heteroatoms. The van der Waals surface area contributed by atoms with E-state index < -0.39 is 0 Å². The first kappa shape index (κ1) is 6.28. The summed E-state index contributed by atoms with van der Waals surface area (Å²) in [4.78, 5) is 8.17. The van der Waals surface area contributed by atoms with Gasteiger partial charge in [-0.15, -0.1) is 0 Å². The number of fused-ring (bicyclic) bond motifs is 1. The van der Waals surface area contributed by atoms with E-state index in [-0.39, 0.29) is 0 Å². The summed E-state index contributed by atoms with van der Waals surface area (Å²) in [6.07, 6.45) is 9.60. The second kappa shape index (κ2) is 2.66. The Labute approximate surface area is 65.3 Å². The summed E-state index contributed by atoms with van der Waals surface area (Å²) in [6.45, 7) is 0.772. The maximum absolute atomic E-state index is 4.16. The summed E-state index contributed by atoms with van der Waals surface area (Å²) < 4.78 is 0. The average Bonchev–Trinajstić information content (AvgIpc) is 2.28. The minimum absolute atomic E-state index is 0.772. The molecule has 0 aliphatic carbocycles. The van der Waals surface area contributed by atoms with Crippen molar-refractivity contribution in [2.75, 3.05) is 6.54 Å². The molecule has 0 N–H and O–H groups in total. The fourth-order valence-electron chi connectivity index (χ4n) is 1.07. The maximum Gasteiger partial charge on any atom is 0.0573 e. The second-order valence-electron chi connectivity index (χ2n) is 2.40. The first-order valence-corrected chi connectivity index (χ1v) is 3.57. The highest BCUT2D eigenvalue weighted by molar-refractivity contribution is 5.85. The van der Waals surface area contributed by atoms with Gasteiger partial charge in [-0.25, -0.2) is 0 Å². The van der Waals surface area contributed by atoms with Crippen molar-refractivity contribution in [1.29, 1.82) is 0 Å². The largest absolute Gasteiger partial charge is 0.288 e. The third-order valence-electron chi connectivity index (χ3n) is 1.63. The molecular weight excluding hydrogens is 136 g/mol. The molecule has 0 radical (unpaired) electrons. The van der Waals surface area contributed by atoms with E-state index in [1.165, 1.54) is 5.56 Å². The van der Waals surface area contributed by atoms with Crippen LogP contribution in [0.5, 0.6) is 0 Å². The number of hydrogen-bond donors (Lipinski definition) is 0. The number of aromatic nitrogens is 1. The van der Waals surface area contributed by atoms with E-state index in [1.54, 1.807) is 6.20 Å². The molecule has 0 fully saturated rings. The van der Waals surface area contributed by atoms with Crippen molar-refractivity contribution in [1.82, 2.24) is 4.98 Å². The van der Waals surface area contributed by atoms with Gasteiger partial charge in [0.15, 0.2) is 0 Å². The Morgan fingerprint density at radius 1 is 1.27 bits per heavy atom. The molecule has 0 saturated heterocycles. The minimum atomic E-state index is 0.772. The summed E-state index contributed by atoms with van der Waals surface area (Å²) in [6, 6.07) is 1.99. The van der Waals surface area contributed by atoms with E-state index in [4.69, 9.17) is 0 Å². The average molecular weight is 144 g/mol. The molecule has 0 aromatic carbocycles. The molecule has 0 spiro atoms. The summed E-state index contributed by atoms with van der Waals surface area (Å²) in [5.41, 5.74) is 2.29. The molecule has 11 heavy (non-hydrogen) atoms. The fraction of sp³-hybridized carbons (Fsp3) is 0.111. The van der Waals surface area contributed by atoms with Crippen molar-refractivity contribution in [3.05, 3.63) is 35.7 Å². The van der Waals surface area contributed by atoms with E-state index in [1.807, 2.05) is 24.6 Å². The van der Waals surface area contributed by atoms with E-state index in [2.05, 4.69) is 16.1 Å². The van der Waals surface area contributed by atoms with Gasteiger partial charge in [-0.2, -0.15) is 0 Å². The third kappa shape index (κ3) is 1.19. The lowest BCUT2D eigenvalue weighted by atomic mass is 10.1. The smallest absolute Gasteiger partial charge is 0.0573 e. The molecule has 2 nitrogen and oxygen atoms in total. The van der Waals surface area contributed by atoms with Gasteiger partial charge in [-0.1, -0.05) is 12.2 Å². The molecule has 1 aromatic rings. The zero-order chi connectivity index (χ0) is 7.52. The number of pyridine rings is 1. The van der Waals surface area contributed by atoms with Crippen LogP contribution in [0.1, 0.15) is 11.1 Å². The van der Waals surface area contributed by atoms with E-state index in [0.29, 0.717) is 0 Å². The SMILES string of the molecule is C1=Cc2ccncc2C=NC1. The van der Waals surface area contributed by atoms with Gasteiger partial charge in [-0.05, 0) is 11.6 Å². The first-order valence-electron chi connectivity index (χ1n) is 3.57. The van der Waals surface area contributed by atoms with Crippen molar-refractivity contribution >= 4 is 12.3 Å². The zero-order valence-corrected chi connectivity index (χ0v) is 6.07. The van der Waals surface area contributed by atoms with Crippen LogP contribution in [0.15, 0.2) is 29.5 Å². The molecule has 0 atom stereocenters. The standard InChI is InChI=1S/C9H8N2/c1-2-8-3-5-11-7-9(8)6-10-4-1/h1-3,5-7H,4H2. The van der Waals surface area contributed by atoms with E-state index >= 15 is 0 Å².